The van der Waals surface area contributed by atoms with Gasteiger partial charge < -0.3 is 9.88 Å². The fourth-order valence-corrected chi connectivity index (χ4v) is 2.50. The van der Waals surface area contributed by atoms with E-state index in [1.54, 1.807) is 6.07 Å². The number of pyridine rings is 1. The van der Waals surface area contributed by atoms with Crippen LogP contribution in [-0.2, 0) is 21.2 Å². The van der Waals surface area contributed by atoms with E-state index in [0.717, 1.165) is 25.5 Å². The van der Waals surface area contributed by atoms with Crippen LogP contribution in [0.2, 0.25) is 0 Å². The second-order valence-corrected chi connectivity index (χ2v) is 7.84. The average molecular weight is 328 g/mol. The van der Waals surface area contributed by atoms with E-state index in [1.807, 2.05) is 6.92 Å². The number of unbranched alkanes of at least 4 members (excludes halogenated alkanes) is 1. The summed E-state index contributed by atoms with van der Waals surface area (Å²) in [4.78, 5) is 24.3. The van der Waals surface area contributed by atoms with Crippen LogP contribution in [0.1, 0.15) is 33.1 Å². The Bertz CT molecular complexity index is 664. The molecule has 1 rings (SSSR count). The Morgan fingerprint density at radius 2 is 2.09 bits per heavy atom. The van der Waals surface area contributed by atoms with Gasteiger partial charge in [0.15, 0.2) is 0 Å². The van der Waals surface area contributed by atoms with Crippen molar-refractivity contribution in [3.63, 3.8) is 0 Å². The molecule has 0 unspecified atom stereocenters. The van der Waals surface area contributed by atoms with Gasteiger partial charge in [0.25, 0.3) is 5.56 Å². The lowest BCUT2D eigenvalue weighted by molar-refractivity contribution is -0.119. The average Bonchev–Trinajstić information content (AvgIpc) is 2.44. The van der Waals surface area contributed by atoms with E-state index in [2.05, 4.69) is 12.2 Å². The van der Waals surface area contributed by atoms with Crippen molar-refractivity contribution in [2.24, 2.45) is 5.92 Å². The Balaban J connectivity index is 2.80. The number of sulfone groups is 1. The summed E-state index contributed by atoms with van der Waals surface area (Å²) >= 11 is 0. The zero-order valence-corrected chi connectivity index (χ0v) is 14.1. The molecule has 0 aromatic carbocycles. The zero-order valence-electron chi connectivity index (χ0n) is 13.3. The van der Waals surface area contributed by atoms with Crippen LogP contribution in [0.15, 0.2) is 23.1 Å². The van der Waals surface area contributed by atoms with Crippen LogP contribution in [0.3, 0.4) is 0 Å². The maximum atomic E-state index is 12.2. The number of nitrogens with one attached hydrogen (secondary N) is 1. The molecule has 1 heterocycles. The third kappa shape index (κ3) is 6.01. The highest BCUT2D eigenvalue weighted by Gasteiger charge is 2.14. The molecule has 22 heavy (non-hydrogen) atoms. The molecule has 1 amide bonds. The molecule has 124 valence electrons. The van der Waals surface area contributed by atoms with Crippen molar-refractivity contribution in [1.29, 1.82) is 0 Å². The standard InChI is InChI=1S/C15H24N2O4S/c1-4-5-7-12(2)14(18)16-13-8-6-9-17(15(13)19)10-11-22(3,20)21/h6,8-9,12H,4-5,7,10-11H2,1-3H3,(H,16,18)/t12-/m0/s1. The van der Waals surface area contributed by atoms with Crippen molar-refractivity contribution in [1.82, 2.24) is 4.57 Å². The third-order valence-electron chi connectivity index (χ3n) is 3.42. The predicted octanol–water partition coefficient (Wildman–Crippen LogP) is 1.66. The fourth-order valence-electron chi connectivity index (χ4n) is 1.97. The number of anilines is 1. The first-order chi connectivity index (χ1) is 10.2. The molecule has 0 saturated carbocycles. The fraction of sp³-hybridized carbons (Fsp3) is 0.600. The molecule has 0 spiro atoms. The first-order valence-corrected chi connectivity index (χ1v) is 9.48. The van der Waals surface area contributed by atoms with Gasteiger partial charge in [-0.2, -0.15) is 0 Å². The molecule has 0 aliphatic rings. The van der Waals surface area contributed by atoms with Crippen LogP contribution in [0.25, 0.3) is 0 Å². The highest BCUT2D eigenvalue weighted by Crippen LogP contribution is 2.10. The van der Waals surface area contributed by atoms with Gasteiger partial charge in [0.1, 0.15) is 15.5 Å². The van der Waals surface area contributed by atoms with Crippen LogP contribution < -0.4 is 10.9 Å². The number of aromatic nitrogens is 1. The summed E-state index contributed by atoms with van der Waals surface area (Å²) in [5.74, 6) is -0.465. The summed E-state index contributed by atoms with van der Waals surface area (Å²) in [6.45, 7) is 3.96. The Kier molecular flexibility index (Phi) is 6.80. The smallest absolute Gasteiger partial charge is 0.274 e. The minimum absolute atomic E-state index is 0.0762. The van der Waals surface area contributed by atoms with E-state index in [0.29, 0.717) is 0 Å². The molecule has 6 nitrogen and oxygen atoms in total. The summed E-state index contributed by atoms with van der Waals surface area (Å²) < 4.78 is 23.7. The molecular weight excluding hydrogens is 304 g/mol. The number of nitrogens with zero attached hydrogens (tertiary/aromatic N) is 1. The lowest BCUT2D eigenvalue weighted by Gasteiger charge is -2.12. The molecule has 0 aliphatic carbocycles. The first-order valence-electron chi connectivity index (χ1n) is 7.42. The van der Waals surface area contributed by atoms with Crippen LogP contribution in [0.5, 0.6) is 0 Å². The Labute approximate surface area is 131 Å². The number of carbonyl (C=O) groups excluding carboxylic acids is 1. The molecule has 1 aromatic rings. The van der Waals surface area contributed by atoms with Crippen molar-refractivity contribution >= 4 is 21.4 Å². The van der Waals surface area contributed by atoms with Gasteiger partial charge in [-0.25, -0.2) is 8.42 Å². The molecule has 0 fully saturated rings. The summed E-state index contributed by atoms with van der Waals surface area (Å²) in [5.41, 5.74) is -0.202. The largest absolute Gasteiger partial charge is 0.321 e. The van der Waals surface area contributed by atoms with E-state index in [1.165, 1.54) is 16.8 Å². The summed E-state index contributed by atoms with van der Waals surface area (Å²) in [6.07, 6.45) is 5.39. The van der Waals surface area contributed by atoms with Crippen molar-refractivity contribution in [2.45, 2.75) is 39.7 Å². The Morgan fingerprint density at radius 1 is 1.41 bits per heavy atom. The lowest BCUT2D eigenvalue weighted by Crippen LogP contribution is -2.29. The molecule has 1 atom stereocenters. The number of carbonyl (C=O) groups is 1. The maximum Gasteiger partial charge on any atom is 0.274 e. The predicted molar refractivity (Wildman–Crippen MR) is 87.7 cm³/mol. The van der Waals surface area contributed by atoms with Crippen LogP contribution >= 0.6 is 0 Å². The van der Waals surface area contributed by atoms with Gasteiger partial charge in [-0.05, 0) is 18.6 Å². The second-order valence-electron chi connectivity index (χ2n) is 5.58. The number of amides is 1. The topological polar surface area (TPSA) is 85.2 Å². The van der Waals surface area contributed by atoms with Crippen molar-refractivity contribution in [3.05, 3.63) is 28.7 Å². The van der Waals surface area contributed by atoms with Crippen LogP contribution in [0, 0.1) is 5.92 Å². The monoisotopic (exact) mass is 328 g/mol. The van der Waals surface area contributed by atoms with E-state index < -0.39 is 9.84 Å². The number of hydrogen-bond donors (Lipinski definition) is 1. The van der Waals surface area contributed by atoms with Gasteiger partial charge >= 0.3 is 0 Å². The Morgan fingerprint density at radius 3 is 2.68 bits per heavy atom. The van der Waals surface area contributed by atoms with E-state index >= 15 is 0 Å². The van der Waals surface area contributed by atoms with Crippen LogP contribution in [-0.4, -0.2) is 30.9 Å². The minimum Gasteiger partial charge on any atom is -0.321 e. The molecule has 1 N–H and O–H groups in total. The summed E-state index contributed by atoms with van der Waals surface area (Å²) in [7, 11) is -3.15. The van der Waals surface area contributed by atoms with E-state index in [9.17, 15) is 18.0 Å². The van der Waals surface area contributed by atoms with Gasteiger partial charge in [-0.15, -0.1) is 0 Å². The van der Waals surface area contributed by atoms with Crippen molar-refractivity contribution in [2.75, 3.05) is 17.3 Å². The summed E-state index contributed by atoms with van der Waals surface area (Å²) in [5, 5.41) is 2.63. The molecule has 7 heteroatoms. The second kappa shape index (κ2) is 8.12. The van der Waals surface area contributed by atoms with Gasteiger partial charge in [-0.1, -0.05) is 26.7 Å². The highest BCUT2D eigenvalue weighted by molar-refractivity contribution is 7.90. The van der Waals surface area contributed by atoms with Gasteiger partial charge in [-0.3, -0.25) is 9.59 Å². The van der Waals surface area contributed by atoms with Gasteiger partial charge in [0.05, 0.1) is 5.75 Å². The number of rotatable bonds is 8. The summed E-state index contributed by atoms with van der Waals surface area (Å²) in [6, 6.07) is 3.15. The number of aryl methyl sites for hydroxylation is 1. The Hall–Kier alpha value is -1.63. The maximum absolute atomic E-state index is 12.2. The molecule has 1 aromatic heterocycles. The molecule has 0 radical (unpaired) electrons. The molecule has 0 saturated heterocycles. The lowest BCUT2D eigenvalue weighted by atomic mass is 10.0. The first kappa shape index (κ1) is 18.4. The van der Waals surface area contributed by atoms with E-state index in [4.69, 9.17) is 0 Å². The zero-order chi connectivity index (χ0) is 16.8. The van der Waals surface area contributed by atoms with Crippen LogP contribution in [0.4, 0.5) is 5.69 Å². The SMILES string of the molecule is CCCC[C@H](C)C(=O)Nc1cccn(CCS(C)(=O)=O)c1=O. The minimum atomic E-state index is -3.15. The molecule has 0 bridgehead atoms. The van der Waals surface area contributed by atoms with Gasteiger partial charge in [0.2, 0.25) is 5.91 Å². The third-order valence-corrected chi connectivity index (χ3v) is 4.34. The quantitative estimate of drug-likeness (QED) is 0.786. The molecule has 0 aliphatic heterocycles. The van der Waals surface area contributed by atoms with E-state index in [-0.39, 0.29) is 35.4 Å². The molecular formula is C15H24N2O4S. The normalized spacial score (nSPS) is 12.9. The van der Waals surface area contributed by atoms with Gasteiger partial charge in [0, 0.05) is 24.9 Å². The number of hydrogen-bond acceptors (Lipinski definition) is 4. The van der Waals surface area contributed by atoms with Crippen molar-refractivity contribution < 1.29 is 13.2 Å². The highest BCUT2D eigenvalue weighted by atomic mass is 32.2. The van der Waals surface area contributed by atoms with Crippen molar-refractivity contribution in [3.8, 4) is 0 Å².